The second kappa shape index (κ2) is 6.26. The van der Waals surface area contributed by atoms with Gasteiger partial charge in [0.25, 0.3) is 0 Å². The highest BCUT2D eigenvalue weighted by Crippen LogP contribution is 2.22. The maximum atomic E-state index is 11.9. The van der Waals surface area contributed by atoms with Crippen LogP contribution in [0.15, 0.2) is 42.5 Å². The average molecular weight is 277 g/mol. The van der Waals surface area contributed by atoms with Crippen molar-refractivity contribution < 1.29 is 22.7 Å². The molecule has 0 bridgehead atoms. The zero-order chi connectivity index (χ0) is 13.6. The first-order chi connectivity index (χ1) is 8.37. The van der Waals surface area contributed by atoms with E-state index in [1.54, 1.807) is 12.2 Å². The zero-order valence-corrected chi connectivity index (χ0v) is 9.70. The topological polar surface area (TPSA) is 26.3 Å². The average Bonchev–Trinajstić information content (AvgIpc) is 2.24. The van der Waals surface area contributed by atoms with E-state index in [0.717, 1.165) is 6.08 Å². The van der Waals surface area contributed by atoms with E-state index in [9.17, 15) is 18.0 Å². The molecular weight excluding hydrogens is 269 g/mol. The van der Waals surface area contributed by atoms with Gasteiger partial charge < -0.3 is 4.74 Å². The van der Waals surface area contributed by atoms with Crippen LogP contribution in [0.5, 0.6) is 5.75 Å². The van der Waals surface area contributed by atoms with Crippen LogP contribution in [0.4, 0.5) is 13.2 Å². The van der Waals surface area contributed by atoms with Crippen LogP contribution in [-0.4, -0.2) is 11.6 Å². The number of benzene rings is 1. The van der Waals surface area contributed by atoms with Crippen molar-refractivity contribution in [1.29, 1.82) is 0 Å². The van der Waals surface area contributed by atoms with Crippen molar-refractivity contribution in [2.24, 2.45) is 0 Å². The number of halogens is 4. The van der Waals surface area contributed by atoms with Gasteiger partial charge in [0.2, 0.25) is 5.24 Å². The van der Waals surface area contributed by atoms with Crippen LogP contribution in [0.25, 0.3) is 6.08 Å². The number of carbonyl (C=O) groups excluding carboxylic acids is 1. The number of rotatable bonds is 4. The second-order valence-electron chi connectivity index (χ2n) is 3.14. The molecule has 0 amide bonds. The van der Waals surface area contributed by atoms with E-state index in [1.807, 2.05) is 0 Å². The molecule has 0 aliphatic rings. The quantitative estimate of drug-likeness (QED) is 0.473. The number of carbonyl (C=O) groups is 1. The van der Waals surface area contributed by atoms with Gasteiger partial charge in [-0.3, -0.25) is 4.79 Å². The lowest BCUT2D eigenvalue weighted by Crippen LogP contribution is -2.16. The van der Waals surface area contributed by atoms with Crippen LogP contribution in [0.3, 0.4) is 0 Å². The number of hydrogen-bond donors (Lipinski definition) is 0. The molecule has 0 aromatic heterocycles. The molecular formula is C12H8ClF3O2. The van der Waals surface area contributed by atoms with Gasteiger partial charge in [0.05, 0.1) is 0 Å². The van der Waals surface area contributed by atoms with E-state index >= 15 is 0 Å². The molecule has 0 atom stereocenters. The van der Waals surface area contributed by atoms with Crippen LogP contribution >= 0.6 is 11.6 Å². The second-order valence-corrected chi connectivity index (χ2v) is 3.51. The normalized spacial score (nSPS) is 12.2. The molecule has 0 aliphatic heterocycles. The summed E-state index contributed by atoms with van der Waals surface area (Å²) in [6.45, 7) is 0. The van der Waals surface area contributed by atoms with E-state index in [2.05, 4.69) is 4.74 Å². The third-order valence-corrected chi connectivity index (χ3v) is 1.87. The minimum atomic E-state index is -4.69. The number of ether oxygens (including phenoxy) is 1. The highest BCUT2D eigenvalue weighted by molar-refractivity contribution is 6.66. The lowest BCUT2D eigenvalue weighted by molar-refractivity contribution is -0.274. The summed E-state index contributed by atoms with van der Waals surface area (Å²) in [7, 11) is 0. The Hall–Kier alpha value is -1.75. The van der Waals surface area contributed by atoms with Crippen LogP contribution in [0.2, 0.25) is 0 Å². The molecule has 96 valence electrons. The van der Waals surface area contributed by atoms with E-state index in [0.29, 0.717) is 5.56 Å². The Morgan fingerprint density at radius 2 is 1.78 bits per heavy atom. The SMILES string of the molecule is O=C(Cl)C=CC=Cc1ccc(OC(F)(F)F)cc1. The third kappa shape index (κ3) is 6.10. The molecule has 0 saturated heterocycles. The summed E-state index contributed by atoms with van der Waals surface area (Å²) in [4.78, 5) is 10.4. The Bertz CT molecular complexity index is 461. The molecule has 1 aromatic rings. The summed E-state index contributed by atoms with van der Waals surface area (Å²) in [6, 6.07) is 5.30. The van der Waals surface area contributed by atoms with E-state index in [1.165, 1.54) is 30.3 Å². The molecule has 0 saturated carbocycles. The summed E-state index contributed by atoms with van der Waals surface area (Å²) in [5, 5.41) is -0.603. The van der Waals surface area contributed by atoms with E-state index < -0.39 is 11.6 Å². The van der Waals surface area contributed by atoms with Gasteiger partial charge in [0.15, 0.2) is 0 Å². The lowest BCUT2D eigenvalue weighted by Gasteiger charge is -2.08. The van der Waals surface area contributed by atoms with Crippen LogP contribution in [0.1, 0.15) is 5.56 Å². The van der Waals surface area contributed by atoms with Crippen molar-refractivity contribution in [2.75, 3.05) is 0 Å². The molecule has 0 fully saturated rings. The zero-order valence-electron chi connectivity index (χ0n) is 8.95. The van der Waals surface area contributed by atoms with Crippen molar-refractivity contribution in [2.45, 2.75) is 6.36 Å². The Kier molecular flexibility index (Phi) is 4.97. The number of hydrogen-bond acceptors (Lipinski definition) is 2. The molecule has 0 unspecified atom stereocenters. The molecule has 0 N–H and O–H groups in total. The molecule has 0 radical (unpaired) electrons. The van der Waals surface area contributed by atoms with Crippen molar-refractivity contribution in [3.05, 3.63) is 48.1 Å². The van der Waals surface area contributed by atoms with Gasteiger partial charge in [-0.2, -0.15) is 0 Å². The van der Waals surface area contributed by atoms with E-state index in [-0.39, 0.29) is 5.75 Å². The summed E-state index contributed by atoms with van der Waals surface area (Å²) < 4.78 is 39.3. The number of alkyl halides is 3. The monoisotopic (exact) mass is 276 g/mol. The third-order valence-electron chi connectivity index (χ3n) is 1.74. The Morgan fingerprint density at radius 1 is 1.17 bits per heavy atom. The molecule has 0 spiro atoms. The highest BCUT2D eigenvalue weighted by Gasteiger charge is 2.30. The van der Waals surface area contributed by atoms with Gasteiger partial charge in [-0.25, -0.2) is 0 Å². The standard InChI is InChI=1S/C12H8ClF3O2/c13-11(17)4-2-1-3-9-5-7-10(8-6-9)18-12(14,15)16/h1-8H. The largest absolute Gasteiger partial charge is 0.573 e. The maximum absolute atomic E-state index is 11.9. The smallest absolute Gasteiger partial charge is 0.406 e. The fraction of sp³-hybridized carbons (Fsp3) is 0.0833. The first kappa shape index (κ1) is 14.3. The predicted molar refractivity (Wildman–Crippen MR) is 62.2 cm³/mol. The maximum Gasteiger partial charge on any atom is 0.573 e. The van der Waals surface area contributed by atoms with Gasteiger partial charge in [0, 0.05) is 0 Å². The van der Waals surface area contributed by atoms with Crippen molar-refractivity contribution in [1.82, 2.24) is 0 Å². The summed E-state index contributed by atoms with van der Waals surface area (Å²) >= 11 is 5.06. The molecule has 18 heavy (non-hydrogen) atoms. The van der Waals surface area contributed by atoms with Crippen molar-refractivity contribution in [3.8, 4) is 5.75 Å². The Morgan fingerprint density at radius 3 is 2.28 bits per heavy atom. The molecule has 0 heterocycles. The Balaban J connectivity index is 2.63. The molecule has 2 nitrogen and oxygen atoms in total. The van der Waals surface area contributed by atoms with Crippen LogP contribution in [-0.2, 0) is 4.79 Å². The van der Waals surface area contributed by atoms with Gasteiger partial charge in [-0.15, -0.1) is 13.2 Å². The molecule has 1 rings (SSSR count). The highest BCUT2D eigenvalue weighted by atomic mass is 35.5. The van der Waals surface area contributed by atoms with E-state index in [4.69, 9.17) is 11.6 Å². The Labute approximate surface area is 106 Å². The van der Waals surface area contributed by atoms with Gasteiger partial charge >= 0.3 is 6.36 Å². The summed E-state index contributed by atoms with van der Waals surface area (Å²) in [5.74, 6) is -0.286. The van der Waals surface area contributed by atoms with Crippen LogP contribution in [0, 0.1) is 0 Å². The molecule has 1 aromatic carbocycles. The molecule has 0 aliphatic carbocycles. The minimum Gasteiger partial charge on any atom is -0.406 e. The molecule has 6 heteroatoms. The predicted octanol–water partition coefficient (Wildman–Crippen LogP) is 3.92. The van der Waals surface area contributed by atoms with Gasteiger partial charge in [-0.05, 0) is 35.4 Å². The summed E-state index contributed by atoms with van der Waals surface area (Å²) in [5.41, 5.74) is 0.663. The first-order valence-electron chi connectivity index (χ1n) is 4.77. The van der Waals surface area contributed by atoms with Gasteiger partial charge in [0.1, 0.15) is 5.75 Å². The number of allylic oxidation sites excluding steroid dienone is 3. The van der Waals surface area contributed by atoms with Crippen molar-refractivity contribution >= 4 is 22.9 Å². The minimum absolute atomic E-state index is 0.286. The first-order valence-corrected chi connectivity index (χ1v) is 5.14. The van der Waals surface area contributed by atoms with Crippen LogP contribution < -0.4 is 4.74 Å². The van der Waals surface area contributed by atoms with Gasteiger partial charge in [-0.1, -0.05) is 30.4 Å². The lowest BCUT2D eigenvalue weighted by atomic mass is 10.2. The van der Waals surface area contributed by atoms with Crippen molar-refractivity contribution in [3.63, 3.8) is 0 Å². The fourth-order valence-electron chi connectivity index (χ4n) is 1.08. The summed E-state index contributed by atoms with van der Waals surface area (Å²) in [6.07, 6.45) is 1.03. The fourth-order valence-corrected chi connectivity index (χ4v) is 1.15.